The molecule has 0 bridgehead atoms. The van der Waals surface area contributed by atoms with E-state index in [0.29, 0.717) is 5.92 Å². The predicted octanol–water partition coefficient (Wildman–Crippen LogP) is 4.76. The van der Waals surface area contributed by atoms with E-state index in [1.54, 1.807) is 0 Å². The molecule has 0 fully saturated rings. The number of rotatable bonds is 7. The van der Waals surface area contributed by atoms with Gasteiger partial charge in [0.25, 0.3) is 5.91 Å². The molecule has 3 heteroatoms. The first-order valence-electron chi connectivity index (χ1n) is 8.58. The number of benzene rings is 2. The number of carbonyl (C=O) groups is 1. The van der Waals surface area contributed by atoms with Gasteiger partial charge >= 0.3 is 0 Å². The fourth-order valence-electron chi connectivity index (χ4n) is 2.55. The highest BCUT2D eigenvalue weighted by molar-refractivity contribution is 5.78. The maximum absolute atomic E-state index is 12.2. The summed E-state index contributed by atoms with van der Waals surface area (Å²) in [6.07, 6.45) is 0.845. The molecule has 1 atom stereocenters. The number of aryl methyl sites for hydroxylation is 1. The van der Waals surface area contributed by atoms with Crippen molar-refractivity contribution in [2.45, 2.75) is 46.1 Å². The smallest absolute Gasteiger partial charge is 0.258 e. The van der Waals surface area contributed by atoms with Crippen molar-refractivity contribution in [3.63, 3.8) is 0 Å². The first kappa shape index (κ1) is 18.1. The lowest BCUT2D eigenvalue weighted by molar-refractivity contribution is -0.123. The molecule has 0 aliphatic rings. The lowest BCUT2D eigenvalue weighted by Crippen LogP contribution is -2.32. The molecule has 0 aromatic heterocycles. The third-order valence-corrected chi connectivity index (χ3v) is 4.14. The molecule has 0 aliphatic carbocycles. The molecular weight excluding hydrogens is 298 g/mol. The van der Waals surface area contributed by atoms with E-state index in [4.69, 9.17) is 4.74 Å². The number of hydrogen-bond acceptors (Lipinski definition) is 2. The molecule has 1 N–H and O–H groups in total. The van der Waals surface area contributed by atoms with Crippen LogP contribution in [0.1, 0.15) is 55.8 Å². The zero-order valence-corrected chi connectivity index (χ0v) is 15.0. The van der Waals surface area contributed by atoms with E-state index in [9.17, 15) is 4.79 Å². The summed E-state index contributed by atoms with van der Waals surface area (Å²) in [6, 6.07) is 16.2. The van der Waals surface area contributed by atoms with Crippen molar-refractivity contribution in [3.05, 3.63) is 65.2 Å². The van der Waals surface area contributed by atoms with Crippen LogP contribution < -0.4 is 10.1 Å². The van der Waals surface area contributed by atoms with Gasteiger partial charge in [-0.15, -0.1) is 0 Å². The molecule has 0 saturated carbocycles. The van der Waals surface area contributed by atoms with Crippen LogP contribution >= 0.6 is 0 Å². The molecule has 0 saturated heterocycles. The summed E-state index contributed by atoms with van der Waals surface area (Å²) < 4.78 is 5.59. The van der Waals surface area contributed by atoms with Gasteiger partial charge in [0.05, 0.1) is 6.04 Å². The Morgan fingerprint density at radius 2 is 1.58 bits per heavy atom. The number of nitrogens with one attached hydrogen (secondary N) is 1. The quantitative estimate of drug-likeness (QED) is 0.796. The molecule has 0 aliphatic heterocycles. The van der Waals surface area contributed by atoms with E-state index in [2.05, 4.69) is 57.3 Å². The summed E-state index contributed by atoms with van der Waals surface area (Å²) in [4.78, 5) is 12.2. The third kappa shape index (κ3) is 5.12. The van der Waals surface area contributed by atoms with Crippen molar-refractivity contribution >= 4 is 5.91 Å². The fraction of sp³-hybridized carbons (Fsp3) is 0.381. The van der Waals surface area contributed by atoms with Crippen LogP contribution in [0.4, 0.5) is 0 Å². The standard InChI is InChI=1S/C21H27NO2/c1-5-20(18-8-6-16(4)7-9-18)22-21(23)14-24-19-12-10-17(11-13-19)15(2)3/h6-13,15,20H,5,14H2,1-4H3,(H,22,23)/t20-/m1/s1. The molecule has 2 aromatic rings. The summed E-state index contributed by atoms with van der Waals surface area (Å²) in [5.74, 6) is 1.11. The van der Waals surface area contributed by atoms with Crippen LogP contribution in [-0.2, 0) is 4.79 Å². The average molecular weight is 325 g/mol. The summed E-state index contributed by atoms with van der Waals surface area (Å²) >= 11 is 0. The molecule has 24 heavy (non-hydrogen) atoms. The van der Waals surface area contributed by atoms with Crippen molar-refractivity contribution in [1.29, 1.82) is 0 Å². The summed E-state index contributed by atoms with van der Waals surface area (Å²) in [5, 5.41) is 3.04. The first-order valence-corrected chi connectivity index (χ1v) is 8.58. The highest BCUT2D eigenvalue weighted by atomic mass is 16.5. The highest BCUT2D eigenvalue weighted by Crippen LogP contribution is 2.19. The highest BCUT2D eigenvalue weighted by Gasteiger charge is 2.13. The normalized spacial score (nSPS) is 12.0. The second-order valence-corrected chi connectivity index (χ2v) is 6.45. The summed E-state index contributed by atoms with van der Waals surface area (Å²) in [5.41, 5.74) is 3.60. The Hall–Kier alpha value is -2.29. The monoisotopic (exact) mass is 325 g/mol. The van der Waals surface area contributed by atoms with Crippen LogP contribution in [0.2, 0.25) is 0 Å². The zero-order chi connectivity index (χ0) is 17.5. The predicted molar refractivity (Wildman–Crippen MR) is 98.4 cm³/mol. The van der Waals surface area contributed by atoms with Crippen molar-refractivity contribution < 1.29 is 9.53 Å². The van der Waals surface area contributed by atoms with E-state index in [-0.39, 0.29) is 18.6 Å². The molecule has 0 unspecified atom stereocenters. The van der Waals surface area contributed by atoms with Crippen molar-refractivity contribution in [1.82, 2.24) is 5.32 Å². The van der Waals surface area contributed by atoms with E-state index in [0.717, 1.165) is 17.7 Å². The van der Waals surface area contributed by atoms with E-state index in [1.165, 1.54) is 11.1 Å². The molecule has 0 radical (unpaired) electrons. The van der Waals surface area contributed by atoms with Crippen molar-refractivity contribution in [3.8, 4) is 5.75 Å². The maximum Gasteiger partial charge on any atom is 0.258 e. The average Bonchev–Trinajstić information content (AvgIpc) is 2.59. The van der Waals surface area contributed by atoms with Gasteiger partial charge in [0.1, 0.15) is 5.75 Å². The Kier molecular flexibility index (Phi) is 6.42. The zero-order valence-electron chi connectivity index (χ0n) is 15.0. The third-order valence-electron chi connectivity index (χ3n) is 4.14. The summed E-state index contributed by atoms with van der Waals surface area (Å²) in [6.45, 7) is 8.46. The minimum atomic E-state index is -0.102. The van der Waals surface area contributed by atoms with Crippen LogP contribution in [0.15, 0.2) is 48.5 Å². The molecule has 1 amide bonds. The molecule has 3 nitrogen and oxygen atoms in total. The summed E-state index contributed by atoms with van der Waals surface area (Å²) in [7, 11) is 0. The van der Waals surface area contributed by atoms with Gasteiger partial charge in [0, 0.05) is 0 Å². The Labute approximate surface area is 145 Å². The van der Waals surface area contributed by atoms with E-state index >= 15 is 0 Å². The van der Waals surface area contributed by atoms with Gasteiger partial charge in [-0.05, 0) is 42.5 Å². The molecule has 0 spiro atoms. The van der Waals surface area contributed by atoms with Crippen LogP contribution in [0.3, 0.4) is 0 Å². The van der Waals surface area contributed by atoms with Gasteiger partial charge < -0.3 is 10.1 Å². The van der Waals surface area contributed by atoms with Crippen molar-refractivity contribution in [2.24, 2.45) is 0 Å². The van der Waals surface area contributed by atoms with Gasteiger partial charge in [-0.2, -0.15) is 0 Å². The number of hydrogen-bond donors (Lipinski definition) is 1. The molecule has 0 heterocycles. The van der Waals surface area contributed by atoms with Crippen LogP contribution in [0, 0.1) is 6.92 Å². The second-order valence-electron chi connectivity index (χ2n) is 6.45. The molecule has 2 aromatic carbocycles. The maximum atomic E-state index is 12.2. The SMILES string of the molecule is CC[C@@H](NC(=O)COc1ccc(C(C)C)cc1)c1ccc(C)cc1. The lowest BCUT2D eigenvalue weighted by atomic mass is 10.0. The van der Waals surface area contributed by atoms with Crippen molar-refractivity contribution in [2.75, 3.05) is 6.61 Å². The Morgan fingerprint density at radius 1 is 1.00 bits per heavy atom. The Balaban J connectivity index is 1.88. The van der Waals surface area contributed by atoms with Crippen LogP contribution in [0.25, 0.3) is 0 Å². The van der Waals surface area contributed by atoms with E-state index < -0.39 is 0 Å². The van der Waals surface area contributed by atoms with Gasteiger partial charge in [0.15, 0.2) is 6.61 Å². The van der Waals surface area contributed by atoms with Gasteiger partial charge in [-0.25, -0.2) is 0 Å². The number of ether oxygens (including phenoxy) is 1. The van der Waals surface area contributed by atoms with E-state index in [1.807, 2.05) is 24.3 Å². The van der Waals surface area contributed by atoms with Gasteiger partial charge in [-0.1, -0.05) is 62.7 Å². The second kappa shape index (κ2) is 8.53. The number of carbonyl (C=O) groups excluding carboxylic acids is 1. The fourth-order valence-corrected chi connectivity index (χ4v) is 2.55. The minimum Gasteiger partial charge on any atom is -0.484 e. The van der Waals surface area contributed by atoms with Crippen LogP contribution in [0.5, 0.6) is 5.75 Å². The van der Waals surface area contributed by atoms with Crippen LogP contribution in [-0.4, -0.2) is 12.5 Å². The number of amides is 1. The molecular formula is C21H27NO2. The largest absolute Gasteiger partial charge is 0.484 e. The molecule has 128 valence electrons. The Bertz CT molecular complexity index is 645. The van der Waals surface area contributed by atoms with Gasteiger partial charge in [-0.3, -0.25) is 4.79 Å². The Morgan fingerprint density at radius 3 is 2.12 bits per heavy atom. The first-order chi connectivity index (χ1) is 11.5. The topological polar surface area (TPSA) is 38.3 Å². The van der Waals surface area contributed by atoms with Gasteiger partial charge in [0.2, 0.25) is 0 Å². The minimum absolute atomic E-state index is 0.0185. The molecule has 2 rings (SSSR count). The lowest BCUT2D eigenvalue weighted by Gasteiger charge is -2.18.